The van der Waals surface area contributed by atoms with Gasteiger partial charge in [0.15, 0.2) is 11.5 Å². The van der Waals surface area contributed by atoms with E-state index in [1.807, 2.05) is 18.2 Å². The number of carbonyl (C=O) groups excluding carboxylic acids is 1. The lowest BCUT2D eigenvalue weighted by Gasteiger charge is -2.40. The van der Waals surface area contributed by atoms with Crippen LogP contribution in [0.15, 0.2) is 41.5 Å². The van der Waals surface area contributed by atoms with Crippen LogP contribution in [0.5, 0.6) is 17.2 Å². The van der Waals surface area contributed by atoms with Crippen LogP contribution in [-0.4, -0.2) is 79.8 Å². The van der Waals surface area contributed by atoms with E-state index in [0.717, 1.165) is 11.3 Å². The van der Waals surface area contributed by atoms with Crippen molar-refractivity contribution in [2.24, 2.45) is 4.99 Å². The Morgan fingerprint density at radius 1 is 1.07 bits per heavy atom. The fraction of sp³-hybridized carbons (Fsp3) is 0.379. The second-order valence-electron chi connectivity index (χ2n) is 10.0. The van der Waals surface area contributed by atoms with Crippen molar-refractivity contribution in [2.45, 2.75) is 32.4 Å². The summed E-state index contributed by atoms with van der Waals surface area (Å²) in [5.74, 6) is 1.65. The topological polar surface area (TPSA) is 125 Å². The number of methoxy groups -OCH3 is 3. The first-order valence-corrected chi connectivity index (χ1v) is 13.6. The lowest BCUT2D eigenvalue weighted by molar-refractivity contribution is -0.113. The van der Waals surface area contributed by atoms with E-state index in [1.54, 1.807) is 44.6 Å². The number of morpholine rings is 1. The van der Waals surface area contributed by atoms with E-state index in [4.69, 9.17) is 36.3 Å². The Balaban J connectivity index is 1.44. The summed E-state index contributed by atoms with van der Waals surface area (Å²) in [5, 5.41) is 0.500. The van der Waals surface area contributed by atoms with Crippen LogP contribution in [0.4, 0.5) is 17.5 Å². The van der Waals surface area contributed by atoms with Crippen LogP contribution < -0.4 is 24.8 Å². The lowest BCUT2D eigenvalue weighted by Crippen LogP contribution is -2.54. The highest BCUT2D eigenvalue weighted by Crippen LogP contribution is 2.39. The van der Waals surface area contributed by atoms with E-state index in [1.165, 1.54) is 0 Å². The molecule has 1 aromatic heterocycles. The summed E-state index contributed by atoms with van der Waals surface area (Å²) < 4.78 is 22.0. The van der Waals surface area contributed by atoms with Gasteiger partial charge in [0.05, 0.1) is 46.9 Å². The van der Waals surface area contributed by atoms with Gasteiger partial charge in [0.2, 0.25) is 5.75 Å². The average Bonchev–Trinajstić information content (AvgIpc) is 3.20. The first-order chi connectivity index (χ1) is 19.7. The zero-order valence-corrected chi connectivity index (χ0v) is 24.4. The molecule has 2 N–H and O–H groups in total. The van der Waals surface area contributed by atoms with Crippen LogP contribution in [-0.2, 0) is 16.0 Å². The molecule has 0 spiro atoms. The molecule has 1 amide bonds. The highest BCUT2D eigenvalue weighted by molar-refractivity contribution is 6.55. The van der Waals surface area contributed by atoms with Crippen LogP contribution in [0.1, 0.15) is 30.5 Å². The summed E-state index contributed by atoms with van der Waals surface area (Å²) >= 11 is 6.32. The fourth-order valence-electron chi connectivity index (χ4n) is 5.17. The molecule has 2 aliphatic heterocycles. The SMILES string of the molecule is COc1cc(Cc2cnc(/N=C3\C(=O)N(CN4C(C)COCC4C)c4ccc(Cl)cc43)nc2N)cc(OC)c1OC. The molecule has 1 fully saturated rings. The molecule has 41 heavy (non-hydrogen) atoms. The Morgan fingerprint density at radius 3 is 2.37 bits per heavy atom. The van der Waals surface area contributed by atoms with Gasteiger partial charge in [0.25, 0.3) is 11.9 Å². The predicted molar refractivity (Wildman–Crippen MR) is 157 cm³/mol. The zero-order chi connectivity index (χ0) is 29.3. The number of carbonyl (C=O) groups is 1. The number of rotatable bonds is 8. The van der Waals surface area contributed by atoms with Crippen LogP contribution in [0.3, 0.4) is 0 Å². The summed E-state index contributed by atoms with van der Waals surface area (Å²) in [5.41, 5.74) is 9.45. The number of aliphatic imine (C=N–C) groups is 1. The number of hydrogen-bond acceptors (Lipinski definition) is 10. The molecule has 2 aromatic carbocycles. The number of nitrogen functional groups attached to an aromatic ring is 1. The summed E-state index contributed by atoms with van der Waals surface area (Å²) in [6, 6.07) is 9.34. The largest absolute Gasteiger partial charge is 0.493 e. The number of nitrogens with two attached hydrogens (primary N) is 1. The van der Waals surface area contributed by atoms with Gasteiger partial charge in [0, 0.05) is 40.9 Å². The molecule has 3 aromatic rings. The molecule has 11 nitrogen and oxygen atoms in total. The van der Waals surface area contributed by atoms with Crippen LogP contribution in [0.25, 0.3) is 0 Å². The molecule has 1 saturated heterocycles. The minimum Gasteiger partial charge on any atom is -0.493 e. The van der Waals surface area contributed by atoms with Crippen LogP contribution in [0.2, 0.25) is 5.02 Å². The number of benzene rings is 2. The number of fused-ring (bicyclic) bond motifs is 1. The summed E-state index contributed by atoms with van der Waals surface area (Å²) in [6.07, 6.45) is 2.03. The minimum absolute atomic E-state index is 0.0837. The number of hydrogen-bond donors (Lipinski definition) is 1. The Labute approximate surface area is 243 Å². The summed E-state index contributed by atoms with van der Waals surface area (Å²) in [7, 11) is 4.67. The highest BCUT2D eigenvalue weighted by atomic mass is 35.5. The molecular formula is C29H33ClN6O5. The van der Waals surface area contributed by atoms with Crippen molar-refractivity contribution in [2.75, 3.05) is 51.8 Å². The molecular weight excluding hydrogens is 548 g/mol. The Hall–Kier alpha value is -3.93. The van der Waals surface area contributed by atoms with Gasteiger partial charge in [0.1, 0.15) is 11.5 Å². The molecule has 3 heterocycles. The van der Waals surface area contributed by atoms with Crippen molar-refractivity contribution in [3.8, 4) is 17.2 Å². The predicted octanol–water partition coefficient (Wildman–Crippen LogP) is 3.86. The van der Waals surface area contributed by atoms with E-state index in [2.05, 4.69) is 33.7 Å². The van der Waals surface area contributed by atoms with E-state index in [-0.39, 0.29) is 35.5 Å². The number of aromatic nitrogens is 2. The number of nitrogens with zero attached hydrogens (tertiary/aromatic N) is 5. The maximum absolute atomic E-state index is 13.7. The quantitative estimate of drug-likeness (QED) is 0.423. The normalized spacial score (nSPS) is 19.9. The fourth-order valence-corrected chi connectivity index (χ4v) is 5.34. The van der Waals surface area contributed by atoms with Crippen molar-refractivity contribution < 1.29 is 23.7 Å². The third-order valence-electron chi connectivity index (χ3n) is 7.32. The molecule has 0 aliphatic carbocycles. The molecule has 2 atom stereocenters. The maximum Gasteiger partial charge on any atom is 0.278 e. The van der Waals surface area contributed by atoms with Gasteiger partial charge in [-0.05, 0) is 49.7 Å². The van der Waals surface area contributed by atoms with Crippen LogP contribution >= 0.6 is 11.6 Å². The monoisotopic (exact) mass is 580 g/mol. The number of anilines is 2. The van der Waals surface area contributed by atoms with Crippen molar-refractivity contribution in [3.05, 3.63) is 58.2 Å². The van der Waals surface area contributed by atoms with Gasteiger partial charge in [-0.2, -0.15) is 4.98 Å². The van der Waals surface area contributed by atoms with Gasteiger partial charge < -0.3 is 24.7 Å². The lowest BCUT2D eigenvalue weighted by atomic mass is 10.1. The first kappa shape index (κ1) is 28.6. The Bertz CT molecular complexity index is 1460. The van der Waals surface area contributed by atoms with E-state index < -0.39 is 0 Å². The van der Waals surface area contributed by atoms with Crippen molar-refractivity contribution in [3.63, 3.8) is 0 Å². The van der Waals surface area contributed by atoms with Crippen LogP contribution in [0, 0.1) is 0 Å². The molecule has 0 bridgehead atoms. The average molecular weight is 581 g/mol. The van der Waals surface area contributed by atoms with Gasteiger partial charge in [-0.25, -0.2) is 9.98 Å². The van der Waals surface area contributed by atoms with Crippen molar-refractivity contribution in [1.29, 1.82) is 0 Å². The maximum atomic E-state index is 13.7. The highest BCUT2D eigenvalue weighted by Gasteiger charge is 2.38. The van der Waals surface area contributed by atoms with Gasteiger partial charge >= 0.3 is 0 Å². The van der Waals surface area contributed by atoms with Gasteiger partial charge in [-0.1, -0.05) is 11.6 Å². The van der Waals surface area contributed by atoms with Crippen molar-refractivity contribution in [1.82, 2.24) is 14.9 Å². The zero-order valence-electron chi connectivity index (χ0n) is 23.7. The Kier molecular flexibility index (Phi) is 8.30. The minimum atomic E-state index is -0.253. The number of amides is 1. The van der Waals surface area contributed by atoms with Gasteiger partial charge in [-0.15, -0.1) is 0 Å². The molecule has 2 aliphatic rings. The molecule has 216 valence electrons. The molecule has 0 saturated carbocycles. The molecule has 0 radical (unpaired) electrons. The van der Waals surface area contributed by atoms with Crippen molar-refractivity contribution >= 4 is 40.7 Å². The summed E-state index contributed by atoms with van der Waals surface area (Å²) in [4.78, 5) is 31.0. The van der Waals surface area contributed by atoms with E-state index in [9.17, 15) is 4.79 Å². The smallest absolute Gasteiger partial charge is 0.278 e. The first-order valence-electron chi connectivity index (χ1n) is 13.2. The second kappa shape index (κ2) is 11.9. The summed E-state index contributed by atoms with van der Waals surface area (Å²) in [6.45, 7) is 5.79. The molecule has 2 unspecified atom stereocenters. The third-order valence-corrected chi connectivity index (χ3v) is 7.56. The number of ether oxygens (including phenoxy) is 4. The molecule has 5 rings (SSSR count). The Morgan fingerprint density at radius 2 is 1.76 bits per heavy atom. The molecule has 12 heteroatoms. The van der Waals surface area contributed by atoms with E-state index in [0.29, 0.717) is 59.7 Å². The number of halogens is 1. The standard InChI is InChI=1S/C29H33ClN6O5/c1-16-13-41-14-17(2)35(16)15-36-22-7-6-20(30)11-21(22)25(28(36)37)33-29-32-12-19(27(31)34-29)8-18-9-23(38-3)26(40-5)24(10-18)39-4/h6-7,9-12,16-17H,8,13-15H2,1-5H3,(H2,31,32,34)/b33-25-. The third kappa shape index (κ3) is 5.65. The van der Waals surface area contributed by atoms with E-state index >= 15 is 0 Å². The van der Waals surface area contributed by atoms with Gasteiger partial charge in [-0.3, -0.25) is 14.6 Å². The second-order valence-corrected chi connectivity index (χ2v) is 10.5.